The van der Waals surface area contributed by atoms with Crippen LogP contribution in [0.4, 0.5) is 0 Å². The molecular weight excluding hydrogens is 262 g/mol. The fourth-order valence-electron chi connectivity index (χ4n) is 1.88. The number of carbonyl (C=O) groups is 1. The van der Waals surface area contributed by atoms with E-state index in [0.717, 1.165) is 11.3 Å². The molecule has 2 rings (SSSR count). The number of amides is 1. The number of rotatable bonds is 6. The summed E-state index contributed by atoms with van der Waals surface area (Å²) in [5, 5.41) is 2.98. The zero-order valence-corrected chi connectivity index (χ0v) is 11.3. The smallest absolute Gasteiger partial charge is 0.220 e. The number of furan rings is 1. The molecule has 100 valence electrons. The van der Waals surface area contributed by atoms with E-state index in [4.69, 9.17) is 16.0 Å². The van der Waals surface area contributed by atoms with E-state index in [1.54, 1.807) is 6.26 Å². The van der Waals surface area contributed by atoms with Crippen molar-refractivity contribution < 1.29 is 9.21 Å². The summed E-state index contributed by atoms with van der Waals surface area (Å²) in [6.45, 7) is 0. The van der Waals surface area contributed by atoms with Crippen molar-refractivity contribution in [2.75, 3.05) is 5.88 Å². The SMILES string of the molecule is O=C(CCCCl)NC(c1ccccc1)c1ccco1. The number of nitrogens with one attached hydrogen (secondary N) is 1. The minimum atomic E-state index is -0.251. The van der Waals surface area contributed by atoms with Gasteiger partial charge in [0.1, 0.15) is 11.8 Å². The highest BCUT2D eigenvalue weighted by Crippen LogP contribution is 2.22. The third kappa shape index (κ3) is 3.86. The Labute approximate surface area is 117 Å². The van der Waals surface area contributed by atoms with Crippen LogP contribution in [-0.4, -0.2) is 11.8 Å². The van der Waals surface area contributed by atoms with Crippen LogP contribution in [0.5, 0.6) is 0 Å². The minimum Gasteiger partial charge on any atom is -0.467 e. The van der Waals surface area contributed by atoms with Crippen molar-refractivity contribution in [1.29, 1.82) is 0 Å². The molecule has 0 aliphatic heterocycles. The molecule has 0 saturated heterocycles. The first-order chi connectivity index (χ1) is 9.31. The molecule has 0 fully saturated rings. The molecule has 1 aromatic heterocycles. The third-order valence-corrected chi connectivity index (χ3v) is 3.07. The molecule has 1 amide bonds. The molecule has 1 atom stereocenters. The Morgan fingerprint density at radius 2 is 2.00 bits per heavy atom. The van der Waals surface area contributed by atoms with Gasteiger partial charge in [0.05, 0.1) is 6.26 Å². The lowest BCUT2D eigenvalue weighted by molar-refractivity contribution is -0.121. The van der Waals surface area contributed by atoms with Crippen molar-refractivity contribution in [3.05, 3.63) is 60.1 Å². The molecule has 0 aliphatic carbocycles. The van der Waals surface area contributed by atoms with Gasteiger partial charge in [-0.2, -0.15) is 0 Å². The van der Waals surface area contributed by atoms with Crippen molar-refractivity contribution in [3.8, 4) is 0 Å². The second kappa shape index (κ2) is 7.00. The molecule has 0 saturated carbocycles. The molecule has 1 N–H and O–H groups in total. The lowest BCUT2D eigenvalue weighted by Crippen LogP contribution is -2.28. The quantitative estimate of drug-likeness (QED) is 0.821. The van der Waals surface area contributed by atoms with E-state index in [1.807, 2.05) is 42.5 Å². The largest absolute Gasteiger partial charge is 0.467 e. The van der Waals surface area contributed by atoms with E-state index in [2.05, 4.69) is 5.32 Å². The molecule has 3 nitrogen and oxygen atoms in total. The van der Waals surface area contributed by atoms with Crippen LogP contribution in [0.15, 0.2) is 53.1 Å². The van der Waals surface area contributed by atoms with Gasteiger partial charge in [-0.15, -0.1) is 11.6 Å². The Balaban J connectivity index is 2.14. The number of hydrogen-bond acceptors (Lipinski definition) is 2. The van der Waals surface area contributed by atoms with E-state index < -0.39 is 0 Å². The van der Waals surface area contributed by atoms with Gasteiger partial charge in [0.25, 0.3) is 0 Å². The van der Waals surface area contributed by atoms with E-state index in [9.17, 15) is 4.79 Å². The lowest BCUT2D eigenvalue weighted by atomic mass is 10.0. The molecule has 4 heteroatoms. The first kappa shape index (κ1) is 13.7. The number of carbonyl (C=O) groups excluding carboxylic acids is 1. The maximum atomic E-state index is 11.9. The predicted molar refractivity (Wildman–Crippen MR) is 75.1 cm³/mol. The van der Waals surface area contributed by atoms with Gasteiger partial charge in [-0.1, -0.05) is 30.3 Å². The summed E-state index contributed by atoms with van der Waals surface area (Å²) in [5.74, 6) is 1.20. The zero-order valence-electron chi connectivity index (χ0n) is 10.5. The summed E-state index contributed by atoms with van der Waals surface area (Å²) in [7, 11) is 0. The Hall–Kier alpha value is -1.74. The van der Waals surface area contributed by atoms with E-state index in [1.165, 1.54) is 0 Å². The second-order valence-corrected chi connectivity index (χ2v) is 4.60. The molecule has 1 unspecified atom stereocenters. The highest BCUT2D eigenvalue weighted by atomic mass is 35.5. The summed E-state index contributed by atoms with van der Waals surface area (Å²) in [6, 6.07) is 13.2. The normalized spacial score (nSPS) is 12.1. The summed E-state index contributed by atoms with van der Waals surface area (Å²) >= 11 is 5.60. The standard InChI is InChI=1S/C15H16ClNO2/c16-10-4-9-14(18)17-15(13-8-5-11-19-13)12-6-2-1-3-7-12/h1-3,5-8,11,15H,4,9-10H2,(H,17,18). The van der Waals surface area contributed by atoms with Gasteiger partial charge in [0.2, 0.25) is 5.91 Å². The first-order valence-electron chi connectivity index (χ1n) is 6.25. The van der Waals surface area contributed by atoms with Crippen LogP contribution in [0, 0.1) is 0 Å². The summed E-state index contributed by atoms with van der Waals surface area (Å²) in [4.78, 5) is 11.9. The monoisotopic (exact) mass is 277 g/mol. The van der Waals surface area contributed by atoms with Gasteiger partial charge >= 0.3 is 0 Å². The number of benzene rings is 1. The van der Waals surface area contributed by atoms with E-state index >= 15 is 0 Å². The van der Waals surface area contributed by atoms with Crippen molar-refractivity contribution in [1.82, 2.24) is 5.32 Å². The van der Waals surface area contributed by atoms with Gasteiger partial charge in [-0.3, -0.25) is 4.79 Å². The summed E-state index contributed by atoms with van der Waals surface area (Å²) in [6.07, 6.45) is 2.71. The van der Waals surface area contributed by atoms with Gasteiger partial charge < -0.3 is 9.73 Å². The fourth-order valence-corrected chi connectivity index (χ4v) is 2.01. The Kier molecular flexibility index (Phi) is 5.04. The lowest BCUT2D eigenvalue weighted by Gasteiger charge is -2.17. The molecule has 0 radical (unpaired) electrons. The van der Waals surface area contributed by atoms with Crippen LogP contribution < -0.4 is 5.32 Å². The first-order valence-corrected chi connectivity index (χ1v) is 6.78. The van der Waals surface area contributed by atoms with Crippen molar-refractivity contribution in [3.63, 3.8) is 0 Å². The Morgan fingerprint density at radius 3 is 2.63 bits per heavy atom. The topological polar surface area (TPSA) is 42.2 Å². The minimum absolute atomic E-state index is 0.0223. The maximum Gasteiger partial charge on any atom is 0.220 e. The fraction of sp³-hybridized carbons (Fsp3) is 0.267. The average Bonchev–Trinajstić information content (AvgIpc) is 2.97. The molecule has 1 aromatic carbocycles. The van der Waals surface area contributed by atoms with Crippen molar-refractivity contribution >= 4 is 17.5 Å². The van der Waals surface area contributed by atoms with Crippen LogP contribution in [0.1, 0.15) is 30.2 Å². The van der Waals surface area contributed by atoms with Gasteiger partial charge in [-0.05, 0) is 24.1 Å². The van der Waals surface area contributed by atoms with Crippen molar-refractivity contribution in [2.24, 2.45) is 0 Å². The van der Waals surface area contributed by atoms with Gasteiger partial charge in [-0.25, -0.2) is 0 Å². The molecule has 0 bridgehead atoms. The summed E-state index contributed by atoms with van der Waals surface area (Å²) < 4.78 is 5.41. The van der Waals surface area contributed by atoms with Crippen LogP contribution in [0.3, 0.4) is 0 Å². The molecule has 0 aliphatic rings. The molecule has 2 aromatic rings. The van der Waals surface area contributed by atoms with Gasteiger partial charge in [0.15, 0.2) is 0 Å². The number of alkyl halides is 1. The number of hydrogen-bond donors (Lipinski definition) is 1. The molecular formula is C15H16ClNO2. The van der Waals surface area contributed by atoms with E-state index in [-0.39, 0.29) is 11.9 Å². The van der Waals surface area contributed by atoms with Crippen LogP contribution in [0.25, 0.3) is 0 Å². The Bertz CT molecular complexity index is 496. The second-order valence-electron chi connectivity index (χ2n) is 4.22. The highest BCUT2D eigenvalue weighted by molar-refractivity contribution is 6.17. The Morgan fingerprint density at radius 1 is 1.21 bits per heavy atom. The van der Waals surface area contributed by atoms with Crippen LogP contribution in [0.2, 0.25) is 0 Å². The average molecular weight is 278 g/mol. The predicted octanol–water partition coefficient (Wildman–Crippen LogP) is 3.50. The molecule has 19 heavy (non-hydrogen) atoms. The van der Waals surface area contributed by atoms with Crippen LogP contribution in [-0.2, 0) is 4.79 Å². The third-order valence-electron chi connectivity index (χ3n) is 2.80. The zero-order chi connectivity index (χ0) is 13.5. The van der Waals surface area contributed by atoms with Crippen molar-refractivity contribution in [2.45, 2.75) is 18.9 Å². The molecule has 0 spiro atoms. The maximum absolute atomic E-state index is 11.9. The van der Waals surface area contributed by atoms with E-state index in [0.29, 0.717) is 18.7 Å². The highest BCUT2D eigenvalue weighted by Gasteiger charge is 2.18. The molecule has 1 heterocycles. The van der Waals surface area contributed by atoms with Gasteiger partial charge in [0, 0.05) is 12.3 Å². The number of halogens is 1. The van der Waals surface area contributed by atoms with Crippen LogP contribution >= 0.6 is 11.6 Å². The summed E-state index contributed by atoms with van der Waals surface area (Å²) in [5.41, 5.74) is 0.997.